The summed E-state index contributed by atoms with van der Waals surface area (Å²) >= 11 is 0. The van der Waals surface area contributed by atoms with Gasteiger partial charge in [0, 0.05) is 0 Å². The molecule has 1 aliphatic heterocycles. The molecule has 1 saturated carbocycles. The monoisotopic (exact) mass is 460 g/mol. The van der Waals surface area contributed by atoms with Gasteiger partial charge in [-0.1, -0.05) is 44.9 Å². The molecule has 0 saturated heterocycles. The van der Waals surface area contributed by atoms with E-state index in [1.54, 1.807) is 12.1 Å². The van der Waals surface area contributed by atoms with Gasteiger partial charge in [0.1, 0.15) is 0 Å². The van der Waals surface area contributed by atoms with Crippen molar-refractivity contribution in [2.45, 2.75) is 77.2 Å². The highest BCUT2D eigenvalue weighted by Gasteiger charge is 2.38. The van der Waals surface area contributed by atoms with Crippen LogP contribution in [0.3, 0.4) is 0 Å². The first-order valence-electron chi connectivity index (χ1n) is 12.0. The van der Waals surface area contributed by atoms with Crippen LogP contribution in [0, 0.1) is 17.7 Å². The van der Waals surface area contributed by atoms with E-state index in [-0.39, 0.29) is 17.2 Å². The van der Waals surface area contributed by atoms with Crippen LogP contribution in [0.2, 0.25) is 0 Å². The molecule has 2 aromatic carbocycles. The summed E-state index contributed by atoms with van der Waals surface area (Å²) in [4.78, 5) is 12.1. The van der Waals surface area contributed by atoms with Gasteiger partial charge in [0.2, 0.25) is 5.82 Å². The Bertz CT molecular complexity index is 979. The smallest absolute Gasteiger partial charge is 0.426 e. The molecule has 0 N–H and O–H groups in total. The Balaban J connectivity index is 1.48. The molecule has 1 unspecified atom stereocenters. The molecule has 1 heterocycles. The number of carbonyl (C=O) groups excluding carboxylic acids is 1. The van der Waals surface area contributed by atoms with Gasteiger partial charge in [-0.3, -0.25) is 4.79 Å². The van der Waals surface area contributed by atoms with Crippen LogP contribution in [0.1, 0.15) is 81.4 Å². The molecule has 0 aromatic heterocycles. The Morgan fingerprint density at radius 1 is 1.03 bits per heavy atom. The van der Waals surface area contributed by atoms with Gasteiger partial charge in [0.05, 0.1) is 11.5 Å². The second kappa shape index (κ2) is 9.78. The molecule has 0 spiro atoms. The number of halogens is 3. The second-order valence-corrected chi connectivity index (χ2v) is 9.34. The van der Waals surface area contributed by atoms with Crippen molar-refractivity contribution < 1.29 is 27.4 Å². The summed E-state index contributed by atoms with van der Waals surface area (Å²) < 4.78 is 54.6. The number of fused-ring (bicyclic) bond motifs is 1. The quantitative estimate of drug-likeness (QED) is 0.317. The summed E-state index contributed by atoms with van der Waals surface area (Å²) in [7, 11) is 0. The van der Waals surface area contributed by atoms with E-state index >= 15 is 0 Å². The number of esters is 1. The minimum absolute atomic E-state index is 0.307. The van der Waals surface area contributed by atoms with Gasteiger partial charge in [0.25, 0.3) is 0 Å². The lowest BCUT2D eigenvalue weighted by atomic mass is 9.78. The predicted octanol–water partition coefficient (Wildman–Crippen LogP) is 7.52. The fraction of sp³-hybridized carbons (Fsp3) is 0.519. The van der Waals surface area contributed by atoms with Gasteiger partial charge in [0.15, 0.2) is 11.5 Å². The highest BCUT2D eigenvalue weighted by atomic mass is 19.3. The normalized spacial score (nSPS) is 23.1. The molecule has 6 heteroatoms. The average molecular weight is 461 g/mol. The third-order valence-electron chi connectivity index (χ3n) is 7.16. The fourth-order valence-corrected chi connectivity index (χ4v) is 5.08. The third kappa shape index (κ3) is 5.04. The minimum atomic E-state index is -3.73. The lowest BCUT2D eigenvalue weighted by Gasteiger charge is -2.28. The molecule has 1 aliphatic carbocycles. The van der Waals surface area contributed by atoms with Crippen LogP contribution in [0.4, 0.5) is 13.2 Å². The van der Waals surface area contributed by atoms with E-state index in [9.17, 15) is 18.0 Å². The molecule has 33 heavy (non-hydrogen) atoms. The number of carbonyl (C=O) groups is 1. The summed E-state index contributed by atoms with van der Waals surface area (Å²) in [5, 5.41) is 0. The number of hydrogen-bond acceptors (Lipinski definition) is 3. The third-order valence-corrected chi connectivity index (χ3v) is 7.16. The molecule has 0 radical (unpaired) electrons. The second-order valence-electron chi connectivity index (χ2n) is 9.34. The van der Waals surface area contributed by atoms with Crippen LogP contribution >= 0.6 is 0 Å². The maximum atomic E-state index is 14.9. The van der Waals surface area contributed by atoms with Crippen molar-refractivity contribution in [1.29, 1.82) is 0 Å². The fourth-order valence-electron chi connectivity index (χ4n) is 5.08. The summed E-state index contributed by atoms with van der Waals surface area (Å²) in [5.41, 5.74) is 1.20. The lowest BCUT2D eigenvalue weighted by Crippen LogP contribution is -2.29. The Hall–Kier alpha value is -2.50. The van der Waals surface area contributed by atoms with Crippen molar-refractivity contribution in [2.24, 2.45) is 11.8 Å². The Kier molecular flexibility index (Phi) is 7.01. The van der Waals surface area contributed by atoms with Crippen molar-refractivity contribution in [3.8, 4) is 11.5 Å². The van der Waals surface area contributed by atoms with Gasteiger partial charge < -0.3 is 9.47 Å². The molecule has 0 amide bonds. The molecule has 2 aromatic rings. The lowest BCUT2D eigenvalue weighted by molar-refractivity contribution is -0.187. The first-order chi connectivity index (χ1) is 15.8. The molecular formula is C27H31F3O3. The number of rotatable bonds is 7. The van der Waals surface area contributed by atoms with E-state index in [2.05, 4.69) is 6.92 Å². The maximum Gasteiger partial charge on any atom is 0.426 e. The van der Waals surface area contributed by atoms with E-state index in [1.807, 2.05) is 6.92 Å². The van der Waals surface area contributed by atoms with Gasteiger partial charge in [-0.2, -0.15) is 13.2 Å². The van der Waals surface area contributed by atoms with Crippen molar-refractivity contribution in [1.82, 2.24) is 0 Å². The van der Waals surface area contributed by atoms with E-state index in [1.165, 1.54) is 43.5 Å². The maximum absolute atomic E-state index is 14.9. The minimum Gasteiger partial charge on any atom is -0.426 e. The van der Waals surface area contributed by atoms with Crippen LogP contribution in [-0.4, -0.2) is 5.97 Å². The Labute approximate surface area is 193 Å². The van der Waals surface area contributed by atoms with Gasteiger partial charge in [-0.25, -0.2) is 0 Å². The van der Waals surface area contributed by atoms with E-state index in [0.29, 0.717) is 24.3 Å². The van der Waals surface area contributed by atoms with Crippen molar-refractivity contribution in [3.63, 3.8) is 0 Å². The van der Waals surface area contributed by atoms with Crippen molar-refractivity contribution in [2.75, 3.05) is 0 Å². The van der Waals surface area contributed by atoms with Gasteiger partial charge in [-0.05, 0) is 79.7 Å². The van der Waals surface area contributed by atoms with Crippen LogP contribution in [0.5, 0.6) is 11.5 Å². The predicted molar refractivity (Wildman–Crippen MR) is 120 cm³/mol. The summed E-state index contributed by atoms with van der Waals surface area (Å²) in [5.74, 6) is -1.73. The Morgan fingerprint density at radius 2 is 1.73 bits per heavy atom. The summed E-state index contributed by atoms with van der Waals surface area (Å²) in [6.45, 7) is 4.16. The summed E-state index contributed by atoms with van der Waals surface area (Å²) in [6, 6.07) is 8.84. The number of ether oxygens (including phenoxy) is 2. The molecule has 3 nitrogen and oxygen atoms in total. The van der Waals surface area contributed by atoms with Crippen molar-refractivity contribution in [3.05, 3.63) is 58.9 Å². The highest BCUT2D eigenvalue weighted by Crippen LogP contribution is 2.41. The zero-order valence-corrected chi connectivity index (χ0v) is 19.2. The molecular weight excluding hydrogens is 429 g/mol. The number of alkyl halides is 2. The van der Waals surface area contributed by atoms with Gasteiger partial charge in [-0.15, -0.1) is 0 Å². The molecule has 0 bridgehead atoms. The van der Waals surface area contributed by atoms with Crippen LogP contribution in [-0.2, 0) is 17.3 Å². The summed E-state index contributed by atoms with van der Waals surface area (Å²) in [6.07, 6.45) is 3.70. The largest absolute Gasteiger partial charge is 0.426 e. The van der Waals surface area contributed by atoms with Gasteiger partial charge >= 0.3 is 12.1 Å². The first-order valence-corrected chi connectivity index (χ1v) is 12.0. The SMILES string of the molecule is CCCC1Cc2ccc(OC(F)(F)c3ccc(C4CCC(CC)CC4)cc3)c(F)c2OC1=O. The zero-order chi connectivity index (χ0) is 23.6. The van der Waals surface area contributed by atoms with Crippen molar-refractivity contribution >= 4 is 5.97 Å². The molecule has 1 fully saturated rings. The Morgan fingerprint density at radius 3 is 2.36 bits per heavy atom. The first kappa shape index (κ1) is 23.7. The molecule has 4 rings (SSSR count). The number of hydrogen-bond donors (Lipinski definition) is 0. The average Bonchev–Trinajstić information content (AvgIpc) is 2.82. The topological polar surface area (TPSA) is 35.5 Å². The molecule has 1 atom stereocenters. The zero-order valence-electron chi connectivity index (χ0n) is 19.2. The van der Waals surface area contributed by atoms with E-state index in [0.717, 1.165) is 30.7 Å². The standard InChI is InChI=1S/C27H31F3O3/c1-3-5-21-16-20-12-15-23(24(28)25(20)32-26(21)31)33-27(29,30)22-13-10-19(11-14-22)18-8-6-17(4-2)7-9-18/h10-15,17-18,21H,3-9,16H2,1-2H3. The van der Waals surface area contributed by atoms with Crippen LogP contribution in [0.25, 0.3) is 0 Å². The van der Waals surface area contributed by atoms with E-state index < -0.39 is 23.6 Å². The van der Waals surface area contributed by atoms with Crippen LogP contribution < -0.4 is 9.47 Å². The van der Waals surface area contributed by atoms with Crippen LogP contribution in [0.15, 0.2) is 36.4 Å². The molecule has 178 valence electrons. The number of benzene rings is 2. The molecule has 2 aliphatic rings. The highest BCUT2D eigenvalue weighted by molar-refractivity contribution is 5.78. The van der Waals surface area contributed by atoms with E-state index in [4.69, 9.17) is 9.47 Å².